The van der Waals surface area contributed by atoms with Gasteiger partial charge in [0.1, 0.15) is 6.54 Å². The van der Waals surface area contributed by atoms with Gasteiger partial charge in [0, 0.05) is 42.4 Å². The smallest absolute Gasteiger partial charge is 0.254 e. The molecule has 0 fully saturated rings. The largest absolute Gasteiger partial charge is 0.353 e. The van der Waals surface area contributed by atoms with Crippen molar-refractivity contribution in [2.45, 2.75) is 19.9 Å². The standard InChI is InChI=1S/C24H25N5O4/c1-2-21(30)28-19-10-8-18(9-11-19)24(33)26-13-12-25-22(31)15-29-16-27-20(14-23(29)32)17-6-4-3-5-7-17/h3-11,14,16H,2,12-13,15H2,1H3,(H,25,31)(H,26,33)(H,28,30). The Morgan fingerprint density at radius 2 is 1.61 bits per heavy atom. The Morgan fingerprint density at radius 3 is 2.27 bits per heavy atom. The maximum atomic E-state index is 12.3. The first-order chi connectivity index (χ1) is 16.0. The van der Waals surface area contributed by atoms with E-state index in [2.05, 4.69) is 20.9 Å². The van der Waals surface area contributed by atoms with Gasteiger partial charge in [-0.15, -0.1) is 0 Å². The summed E-state index contributed by atoms with van der Waals surface area (Å²) in [5.41, 5.74) is 2.09. The molecular weight excluding hydrogens is 422 g/mol. The van der Waals surface area contributed by atoms with Gasteiger partial charge >= 0.3 is 0 Å². The van der Waals surface area contributed by atoms with Crippen LogP contribution in [-0.2, 0) is 16.1 Å². The molecule has 2 aromatic carbocycles. The van der Waals surface area contributed by atoms with Gasteiger partial charge in [-0.2, -0.15) is 0 Å². The Morgan fingerprint density at radius 1 is 0.909 bits per heavy atom. The average molecular weight is 447 g/mol. The fourth-order valence-electron chi connectivity index (χ4n) is 2.96. The second kappa shape index (κ2) is 11.4. The number of aromatic nitrogens is 2. The monoisotopic (exact) mass is 447 g/mol. The van der Waals surface area contributed by atoms with Crippen molar-refractivity contribution < 1.29 is 14.4 Å². The summed E-state index contributed by atoms with van der Waals surface area (Å²) in [6, 6.07) is 17.2. The van der Waals surface area contributed by atoms with Crippen molar-refractivity contribution in [3.63, 3.8) is 0 Å². The highest BCUT2D eigenvalue weighted by molar-refractivity contribution is 5.95. The van der Waals surface area contributed by atoms with Gasteiger partial charge in [0.05, 0.1) is 12.0 Å². The van der Waals surface area contributed by atoms with Crippen LogP contribution >= 0.6 is 0 Å². The maximum Gasteiger partial charge on any atom is 0.254 e. The minimum absolute atomic E-state index is 0.104. The van der Waals surface area contributed by atoms with E-state index in [-0.39, 0.29) is 42.9 Å². The predicted octanol–water partition coefficient (Wildman–Crippen LogP) is 1.80. The first-order valence-corrected chi connectivity index (χ1v) is 10.5. The quantitative estimate of drug-likeness (QED) is 0.432. The number of anilines is 1. The molecule has 3 aromatic rings. The first kappa shape index (κ1) is 23.4. The van der Waals surface area contributed by atoms with Gasteiger partial charge in [-0.1, -0.05) is 37.3 Å². The van der Waals surface area contributed by atoms with E-state index < -0.39 is 0 Å². The van der Waals surface area contributed by atoms with Gasteiger partial charge in [0.2, 0.25) is 11.8 Å². The Balaban J connectivity index is 1.43. The maximum absolute atomic E-state index is 12.3. The first-order valence-electron chi connectivity index (χ1n) is 10.5. The minimum atomic E-state index is -0.364. The summed E-state index contributed by atoms with van der Waals surface area (Å²) >= 11 is 0. The molecule has 3 amide bonds. The Hall–Kier alpha value is -4.27. The molecule has 0 spiro atoms. The van der Waals surface area contributed by atoms with Crippen molar-refractivity contribution in [2.24, 2.45) is 0 Å². The van der Waals surface area contributed by atoms with Crippen molar-refractivity contribution >= 4 is 23.4 Å². The molecule has 0 bridgehead atoms. The van der Waals surface area contributed by atoms with Gasteiger partial charge < -0.3 is 16.0 Å². The Labute approximate surface area is 190 Å². The van der Waals surface area contributed by atoms with E-state index in [1.165, 1.54) is 17.0 Å². The highest BCUT2D eigenvalue weighted by Crippen LogP contribution is 2.13. The molecule has 0 unspecified atom stereocenters. The van der Waals surface area contributed by atoms with Crippen molar-refractivity contribution in [1.82, 2.24) is 20.2 Å². The van der Waals surface area contributed by atoms with Crippen LogP contribution in [0.4, 0.5) is 5.69 Å². The minimum Gasteiger partial charge on any atom is -0.353 e. The molecule has 0 radical (unpaired) electrons. The fraction of sp³-hybridized carbons (Fsp3) is 0.208. The summed E-state index contributed by atoms with van der Waals surface area (Å²) in [7, 11) is 0. The summed E-state index contributed by atoms with van der Waals surface area (Å²) in [6.07, 6.45) is 1.72. The van der Waals surface area contributed by atoms with Crippen LogP contribution in [0.1, 0.15) is 23.7 Å². The van der Waals surface area contributed by atoms with Gasteiger partial charge in [0.25, 0.3) is 11.5 Å². The number of rotatable bonds is 9. The van der Waals surface area contributed by atoms with Crippen molar-refractivity contribution in [2.75, 3.05) is 18.4 Å². The van der Waals surface area contributed by atoms with Crippen molar-refractivity contribution in [3.8, 4) is 11.3 Å². The Bertz CT molecular complexity index is 1170. The molecule has 1 aromatic heterocycles. The van der Waals surface area contributed by atoms with Crippen LogP contribution in [0, 0.1) is 0 Å². The van der Waals surface area contributed by atoms with E-state index in [4.69, 9.17) is 0 Å². The third-order valence-corrected chi connectivity index (χ3v) is 4.75. The van der Waals surface area contributed by atoms with Gasteiger partial charge in [-0.3, -0.25) is 23.7 Å². The molecule has 0 aliphatic carbocycles. The number of amides is 3. The summed E-state index contributed by atoms with van der Waals surface area (Å²) in [5, 5.41) is 8.08. The van der Waals surface area contributed by atoms with E-state index in [0.29, 0.717) is 23.4 Å². The lowest BCUT2D eigenvalue weighted by Gasteiger charge is -2.09. The molecule has 0 aliphatic rings. The highest BCUT2D eigenvalue weighted by atomic mass is 16.2. The third kappa shape index (κ3) is 6.86. The molecule has 9 nitrogen and oxygen atoms in total. The normalized spacial score (nSPS) is 10.3. The number of hydrogen-bond donors (Lipinski definition) is 3. The zero-order valence-corrected chi connectivity index (χ0v) is 18.2. The number of nitrogens with zero attached hydrogens (tertiary/aromatic N) is 2. The molecule has 0 saturated carbocycles. The van der Waals surface area contributed by atoms with Crippen LogP contribution in [0.25, 0.3) is 11.3 Å². The fourth-order valence-corrected chi connectivity index (χ4v) is 2.96. The number of carbonyl (C=O) groups is 3. The zero-order chi connectivity index (χ0) is 23.6. The molecule has 1 heterocycles. The van der Waals surface area contributed by atoms with Crippen molar-refractivity contribution in [1.29, 1.82) is 0 Å². The second-order valence-corrected chi connectivity index (χ2v) is 7.19. The lowest BCUT2D eigenvalue weighted by atomic mass is 10.1. The number of nitrogens with one attached hydrogen (secondary N) is 3. The zero-order valence-electron chi connectivity index (χ0n) is 18.2. The average Bonchev–Trinajstić information content (AvgIpc) is 2.84. The molecule has 3 rings (SSSR count). The molecule has 0 atom stereocenters. The summed E-state index contributed by atoms with van der Waals surface area (Å²) < 4.78 is 1.22. The van der Waals surface area contributed by atoms with Crippen LogP contribution in [0.3, 0.4) is 0 Å². The lowest BCUT2D eigenvalue weighted by Crippen LogP contribution is -2.37. The molecular formula is C24H25N5O4. The molecule has 0 aliphatic heterocycles. The van der Waals surface area contributed by atoms with Crippen LogP contribution in [-0.4, -0.2) is 40.4 Å². The number of benzene rings is 2. The SMILES string of the molecule is CCC(=O)Nc1ccc(C(=O)NCCNC(=O)Cn2cnc(-c3ccccc3)cc2=O)cc1. The Kier molecular flexibility index (Phi) is 8.07. The van der Waals surface area contributed by atoms with Gasteiger partial charge in [-0.05, 0) is 24.3 Å². The van der Waals surface area contributed by atoms with E-state index in [1.54, 1.807) is 31.2 Å². The summed E-state index contributed by atoms with van der Waals surface area (Å²) in [4.78, 5) is 52.3. The van der Waals surface area contributed by atoms with Crippen LogP contribution < -0.4 is 21.5 Å². The third-order valence-electron chi connectivity index (χ3n) is 4.75. The summed E-state index contributed by atoms with van der Waals surface area (Å²) in [5.74, 6) is -0.765. The van der Waals surface area contributed by atoms with Crippen LogP contribution in [0.5, 0.6) is 0 Å². The molecule has 33 heavy (non-hydrogen) atoms. The van der Waals surface area contributed by atoms with E-state index >= 15 is 0 Å². The second-order valence-electron chi connectivity index (χ2n) is 7.19. The highest BCUT2D eigenvalue weighted by Gasteiger charge is 2.08. The van der Waals surface area contributed by atoms with E-state index in [0.717, 1.165) is 5.56 Å². The molecule has 0 saturated heterocycles. The van der Waals surface area contributed by atoms with Crippen LogP contribution in [0.15, 0.2) is 71.8 Å². The van der Waals surface area contributed by atoms with Gasteiger partial charge in [-0.25, -0.2) is 4.98 Å². The number of carbonyl (C=O) groups excluding carboxylic acids is 3. The lowest BCUT2D eigenvalue weighted by molar-refractivity contribution is -0.121. The molecule has 3 N–H and O–H groups in total. The number of hydrogen-bond acceptors (Lipinski definition) is 5. The predicted molar refractivity (Wildman–Crippen MR) is 125 cm³/mol. The summed E-state index contributed by atoms with van der Waals surface area (Å²) in [6.45, 7) is 2.02. The topological polar surface area (TPSA) is 122 Å². The van der Waals surface area contributed by atoms with Crippen molar-refractivity contribution in [3.05, 3.63) is 82.9 Å². The van der Waals surface area contributed by atoms with E-state index in [9.17, 15) is 19.2 Å². The molecule has 9 heteroatoms. The van der Waals surface area contributed by atoms with E-state index in [1.807, 2.05) is 30.3 Å². The molecule has 170 valence electrons. The van der Waals surface area contributed by atoms with Gasteiger partial charge in [0.15, 0.2) is 0 Å². The van der Waals surface area contributed by atoms with Crippen LogP contribution in [0.2, 0.25) is 0 Å².